The summed E-state index contributed by atoms with van der Waals surface area (Å²) in [6.07, 6.45) is 5.32. The first kappa shape index (κ1) is 18.9. The van der Waals surface area contributed by atoms with Gasteiger partial charge in [0.05, 0.1) is 18.8 Å². The van der Waals surface area contributed by atoms with Crippen molar-refractivity contribution >= 4 is 16.8 Å². The summed E-state index contributed by atoms with van der Waals surface area (Å²) in [6, 6.07) is 8.29. The number of hydrogen-bond acceptors (Lipinski definition) is 5. The van der Waals surface area contributed by atoms with E-state index in [1.54, 1.807) is 19.3 Å². The van der Waals surface area contributed by atoms with Gasteiger partial charge >= 0.3 is 0 Å². The number of carbonyl (C=O) groups excluding carboxylic acids is 1. The van der Waals surface area contributed by atoms with Crippen LogP contribution in [0.5, 0.6) is 0 Å². The number of nitrogens with zero attached hydrogens (tertiary/aromatic N) is 1. The Bertz CT molecular complexity index is 942. The number of likely N-dealkylation sites (tertiary alicyclic amines) is 1. The van der Waals surface area contributed by atoms with E-state index >= 15 is 0 Å². The summed E-state index contributed by atoms with van der Waals surface area (Å²) in [6.45, 7) is 4.64. The summed E-state index contributed by atoms with van der Waals surface area (Å²) in [4.78, 5) is 15.1. The molecular weight excluding hydrogens is 359 g/mol. The third-order valence-corrected chi connectivity index (χ3v) is 5.48. The minimum atomic E-state index is -0.337. The third kappa shape index (κ3) is 3.88. The van der Waals surface area contributed by atoms with E-state index in [0.29, 0.717) is 28.8 Å². The number of aryl methyl sites for hydroxylation is 1. The number of benzene rings is 1. The van der Waals surface area contributed by atoms with E-state index < -0.39 is 0 Å². The molecule has 28 heavy (non-hydrogen) atoms. The lowest BCUT2D eigenvalue weighted by molar-refractivity contribution is 0.0955. The van der Waals surface area contributed by atoms with Crippen molar-refractivity contribution in [1.82, 2.24) is 10.2 Å². The molecule has 1 atom stereocenters. The Morgan fingerprint density at radius 1 is 1.25 bits per heavy atom. The molecule has 0 radical (unpaired) electrons. The van der Waals surface area contributed by atoms with Crippen LogP contribution >= 0.6 is 0 Å². The summed E-state index contributed by atoms with van der Waals surface area (Å²) in [7, 11) is 0. The second-order valence-corrected chi connectivity index (χ2v) is 7.38. The summed E-state index contributed by atoms with van der Waals surface area (Å²) in [5.74, 6) is 0.736. The zero-order chi connectivity index (χ0) is 19.5. The molecule has 6 heteroatoms. The molecule has 2 aromatic heterocycles. The second kappa shape index (κ2) is 8.29. The summed E-state index contributed by atoms with van der Waals surface area (Å²) >= 11 is 0. The van der Waals surface area contributed by atoms with Gasteiger partial charge in [0, 0.05) is 17.5 Å². The van der Waals surface area contributed by atoms with E-state index in [4.69, 9.17) is 8.83 Å². The highest BCUT2D eigenvalue weighted by atomic mass is 19.1. The minimum absolute atomic E-state index is 0.106. The summed E-state index contributed by atoms with van der Waals surface area (Å²) in [5, 5.41) is 3.91. The number of halogens is 1. The van der Waals surface area contributed by atoms with Crippen LogP contribution in [0, 0.1) is 12.7 Å². The van der Waals surface area contributed by atoms with Gasteiger partial charge in [0.2, 0.25) is 5.78 Å². The molecule has 148 valence electrons. The first-order valence-corrected chi connectivity index (χ1v) is 9.83. The Kier molecular flexibility index (Phi) is 5.59. The van der Waals surface area contributed by atoms with Crippen molar-refractivity contribution in [3.8, 4) is 0 Å². The number of piperidine rings is 1. The van der Waals surface area contributed by atoms with E-state index in [9.17, 15) is 9.18 Å². The van der Waals surface area contributed by atoms with Crippen LogP contribution in [0.25, 0.3) is 11.0 Å². The minimum Gasteiger partial charge on any atom is -0.468 e. The van der Waals surface area contributed by atoms with Crippen molar-refractivity contribution in [2.24, 2.45) is 0 Å². The molecule has 1 aromatic carbocycles. The van der Waals surface area contributed by atoms with Crippen LogP contribution in [-0.2, 0) is 0 Å². The Hall–Kier alpha value is -2.44. The zero-order valence-electron chi connectivity index (χ0n) is 16.0. The predicted octanol–water partition coefficient (Wildman–Crippen LogP) is 4.47. The third-order valence-electron chi connectivity index (χ3n) is 5.48. The van der Waals surface area contributed by atoms with Gasteiger partial charge < -0.3 is 14.2 Å². The lowest BCUT2D eigenvalue weighted by atomic mass is 10.1. The molecule has 5 nitrogen and oxygen atoms in total. The average molecular weight is 384 g/mol. The normalized spacial score (nSPS) is 16.5. The van der Waals surface area contributed by atoms with Gasteiger partial charge in [0.25, 0.3) is 0 Å². The molecule has 0 amide bonds. The number of carbonyl (C=O) groups is 1. The largest absolute Gasteiger partial charge is 0.468 e. The molecule has 1 fully saturated rings. The van der Waals surface area contributed by atoms with Crippen LogP contribution in [-0.4, -0.2) is 36.9 Å². The molecule has 3 heterocycles. The van der Waals surface area contributed by atoms with E-state index in [0.717, 1.165) is 18.8 Å². The molecule has 4 rings (SSSR count). The number of rotatable bonds is 7. The molecule has 0 aliphatic carbocycles. The summed E-state index contributed by atoms with van der Waals surface area (Å²) < 4.78 is 24.8. The van der Waals surface area contributed by atoms with Crippen LogP contribution in [0.1, 0.15) is 47.2 Å². The number of Topliss-reactive ketones (excluding diaryl/α,β-unsaturated/α-hetero) is 1. The SMILES string of the molecule is Cc1c(C(=O)CNCC(c2ccco2)N2CCCCC2)oc2ccc(F)cc12. The number of nitrogens with one attached hydrogen (secondary N) is 1. The van der Waals surface area contributed by atoms with Crippen molar-refractivity contribution in [2.75, 3.05) is 26.2 Å². The van der Waals surface area contributed by atoms with Crippen LogP contribution in [0.15, 0.2) is 45.4 Å². The molecule has 0 saturated carbocycles. The first-order valence-electron chi connectivity index (χ1n) is 9.83. The van der Waals surface area contributed by atoms with Crippen molar-refractivity contribution < 1.29 is 18.0 Å². The molecule has 1 N–H and O–H groups in total. The zero-order valence-corrected chi connectivity index (χ0v) is 16.0. The van der Waals surface area contributed by atoms with Crippen molar-refractivity contribution in [2.45, 2.75) is 32.2 Å². The molecule has 1 unspecified atom stereocenters. The number of hydrogen-bond donors (Lipinski definition) is 1. The van der Waals surface area contributed by atoms with Crippen molar-refractivity contribution in [3.05, 3.63) is 59.5 Å². The van der Waals surface area contributed by atoms with Crippen LogP contribution in [0.2, 0.25) is 0 Å². The lowest BCUT2D eigenvalue weighted by Gasteiger charge is -2.33. The van der Waals surface area contributed by atoms with Gasteiger partial charge in [-0.2, -0.15) is 0 Å². The molecule has 0 spiro atoms. The highest BCUT2D eigenvalue weighted by Gasteiger charge is 2.25. The highest BCUT2D eigenvalue weighted by Crippen LogP contribution is 2.27. The van der Waals surface area contributed by atoms with E-state index in [-0.39, 0.29) is 24.2 Å². The van der Waals surface area contributed by atoms with E-state index in [1.807, 2.05) is 12.1 Å². The fourth-order valence-electron chi connectivity index (χ4n) is 3.98. The van der Waals surface area contributed by atoms with Gasteiger partial charge in [-0.15, -0.1) is 0 Å². The molecule has 0 bridgehead atoms. The maximum Gasteiger partial charge on any atom is 0.212 e. The van der Waals surface area contributed by atoms with E-state index in [2.05, 4.69) is 10.2 Å². The maximum atomic E-state index is 13.5. The Labute approximate surface area is 163 Å². The van der Waals surface area contributed by atoms with Crippen molar-refractivity contribution in [1.29, 1.82) is 0 Å². The Balaban J connectivity index is 1.43. The van der Waals surface area contributed by atoms with Gasteiger partial charge in [-0.25, -0.2) is 4.39 Å². The smallest absolute Gasteiger partial charge is 0.212 e. The topological polar surface area (TPSA) is 58.6 Å². The van der Waals surface area contributed by atoms with E-state index in [1.165, 1.54) is 31.4 Å². The number of ketones is 1. The second-order valence-electron chi connectivity index (χ2n) is 7.38. The molecule has 1 aliphatic heterocycles. The lowest BCUT2D eigenvalue weighted by Crippen LogP contribution is -2.40. The number of fused-ring (bicyclic) bond motifs is 1. The quantitative estimate of drug-likeness (QED) is 0.609. The Morgan fingerprint density at radius 2 is 2.07 bits per heavy atom. The highest BCUT2D eigenvalue weighted by molar-refractivity contribution is 6.01. The van der Waals surface area contributed by atoms with Crippen molar-refractivity contribution in [3.63, 3.8) is 0 Å². The van der Waals surface area contributed by atoms with Gasteiger partial charge in [-0.05, 0) is 63.2 Å². The van der Waals surface area contributed by atoms with Gasteiger partial charge in [0.15, 0.2) is 5.76 Å². The first-order chi connectivity index (χ1) is 13.6. The van der Waals surface area contributed by atoms with Crippen LogP contribution in [0.3, 0.4) is 0 Å². The number of furan rings is 2. The standard InChI is InChI=1S/C22H25FN2O3/c1-15-17-12-16(23)7-8-20(17)28-22(15)19(26)14-24-13-18(21-6-5-11-27-21)25-9-3-2-4-10-25/h5-8,11-12,18,24H,2-4,9-10,13-14H2,1H3. The average Bonchev–Trinajstić information content (AvgIpc) is 3.35. The van der Waals surface area contributed by atoms with Crippen LogP contribution in [0.4, 0.5) is 4.39 Å². The molecule has 1 saturated heterocycles. The maximum absolute atomic E-state index is 13.5. The molecule has 1 aliphatic rings. The van der Waals surface area contributed by atoms with Gasteiger partial charge in [-0.3, -0.25) is 9.69 Å². The van der Waals surface area contributed by atoms with Gasteiger partial charge in [-0.1, -0.05) is 6.42 Å². The Morgan fingerprint density at radius 3 is 2.82 bits per heavy atom. The summed E-state index contributed by atoms with van der Waals surface area (Å²) in [5.41, 5.74) is 1.21. The monoisotopic (exact) mass is 384 g/mol. The fraction of sp³-hybridized carbons (Fsp3) is 0.409. The van der Waals surface area contributed by atoms with Crippen LogP contribution < -0.4 is 5.32 Å². The molecular formula is C22H25FN2O3. The van der Waals surface area contributed by atoms with Gasteiger partial charge in [0.1, 0.15) is 17.2 Å². The molecule has 3 aromatic rings. The fourth-order valence-corrected chi connectivity index (χ4v) is 3.98. The predicted molar refractivity (Wildman–Crippen MR) is 105 cm³/mol.